The maximum atomic E-state index is 13.1. The third kappa shape index (κ3) is 2.04. The van der Waals surface area contributed by atoms with Crippen LogP contribution in [0.25, 0.3) is 0 Å². The number of halogens is 6. The molecule has 1 unspecified atom stereocenters. The van der Waals surface area contributed by atoms with Crippen LogP contribution in [0.3, 0.4) is 0 Å². The van der Waals surface area contributed by atoms with Crippen molar-refractivity contribution in [3.8, 4) is 0 Å². The van der Waals surface area contributed by atoms with Crippen LogP contribution in [0.5, 0.6) is 0 Å². The average molecular weight is 257 g/mol. The topological polar surface area (TPSA) is 0 Å². The van der Waals surface area contributed by atoms with Crippen LogP contribution in [-0.4, -0.2) is 0 Å². The van der Waals surface area contributed by atoms with Gasteiger partial charge in [0.15, 0.2) is 23.3 Å². The third-order valence-corrected chi connectivity index (χ3v) is 2.33. The fourth-order valence-electron chi connectivity index (χ4n) is 1.16. The summed E-state index contributed by atoms with van der Waals surface area (Å²) >= 11 is 5.51. The van der Waals surface area contributed by atoms with Crippen molar-refractivity contribution in [1.82, 2.24) is 0 Å². The molecule has 0 bridgehead atoms. The summed E-state index contributed by atoms with van der Waals surface area (Å²) in [7, 11) is 0. The van der Waals surface area contributed by atoms with Crippen LogP contribution in [0.2, 0.25) is 0 Å². The molecule has 1 aromatic rings. The molecule has 1 rings (SSSR count). The minimum atomic E-state index is -2.19. The zero-order valence-corrected chi connectivity index (χ0v) is 8.59. The van der Waals surface area contributed by atoms with Gasteiger partial charge < -0.3 is 0 Å². The smallest absolute Gasteiger partial charge is 0.200 e. The van der Waals surface area contributed by atoms with E-state index in [-0.39, 0.29) is 6.42 Å². The van der Waals surface area contributed by atoms with Crippen molar-refractivity contribution in [3.05, 3.63) is 47.3 Å². The Morgan fingerprint density at radius 1 is 0.938 bits per heavy atom. The zero-order valence-electron chi connectivity index (χ0n) is 7.84. The molecular weight excluding hydrogens is 251 g/mol. The molecule has 0 N–H and O–H groups in total. The van der Waals surface area contributed by atoms with E-state index in [4.69, 9.17) is 11.6 Å². The highest BCUT2D eigenvalue weighted by atomic mass is 35.5. The van der Waals surface area contributed by atoms with Gasteiger partial charge in [0.1, 0.15) is 0 Å². The molecule has 88 valence electrons. The molecule has 0 aliphatic heterocycles. The first-order chi connectivity index (χ1) is 7.41. The van der Waals surface area contributed by atoms with Crippen LogP contribution in [0.4, 0.5) is 22.0 Å². The molecular formula is C10H6ClF5. The Morgan fingerprint density at radius 2 is 1.31 bits per heavy atom. The molecule has 0 heterocycles. The lowest BCUT2D eigenvalue weighted by Crippen LogP contribution is -2.08. The van der Waals surface area contributed by atoms with Crippen LogP contribution < -0.4 is 0 Å². The number of hydrogen-bond donors (Lipinski definition) is 0. The van der Waals surface area contributed by atoms with E-state index in [1.54, 1.807) is 0 Å². The van der Waals surface area contributed by atoms with Gasteiger partial charge in [-0.05, 0) is 6.42 Å². The van der Waals surface area contributed by atoms with Crippen molar-refractivity contribution in [2.45, 2.75) is 11.8 Å². The SMILES string of the molecule is C=CCC(Cl)c1c(F)c(F)c(F)c(F)c1F. The Bertz CT molecular complexity index is 401. The first-order valence-electron chi connectivity index (χ1n) is 4.18. The van der Waals surface area contributed by atoms with Crippen LogP contribution in [0.1, 0.15) is 17.4 Å². The number of hydrogen-bond acceptors (Lipinski definition) is 0. The molecule has 6 heteroatoms. The van der Waals surface area contributed by atoms with Crippen molar-refractivity contribution in [2.75, 3.05) is 0 Å². The van der Waals surface area contributed by atoms with Gasteiger partial charge in [-0.2, -0.15) is 0 Å². The molecule has 16 heavy (non-hydrogen) atoms. The summed E-state index contributed by atoms with van der Waals surface area (Å²) < 4.78 is 64.4. The summed E-state index contributed by atoms with van der Waals surface area (Å²) in [5.74, 6) is -10.00. The van der Waals surface area contributed by atoms with Crippen molar-refractivity contribution < 1.29 is 22.0 Å². The Labute approximate surface area is 93.3 Å². The summed E-state index contributed by atoms with van der Waals surface area (Å²) in [4.78, 5) is 0. The quantitative estimate of drug-likeness (QED) is 0.249. The van der Waals surface area contributed by atoms with E-state index in [0.29, 0.717) is 0 Å². The van der Waals surface area contributed by atoms with Gasteiger partial charge in [-0.3, -0.25) is 0 Å². The Balaban J connectivity index is 3.44. The predicted molar refractivity (Wildman–Crippen MR) is 49.6 cm³/mol. The van der Waals surface area contributed by atoms with Crippen molar-refractivity contribution >= 4 is 11.6 Å². The number of alkyl halides is 1. The molecule has 0 amide bonds. The highest BCUT2D eigenvalue weighted by Crippen LogP contribution is 2.33. The minimum absolute atomic E-state index is 0.111. The summed E-state index contributed by atoms with van der Waals surface area (Å²) in [5, 5.41) is -1.35. The summed E-state index contributed by atoms with van der Waals surface area (Å²) in [6.45, 7) is 3.26. The van der Waals surface area contributed by atoms with Crippen LogP contribution >= 0.6 is 11.6 Å². The van der Waals surface area contributed by atoms with E-state index < -0.39 is 40.0 Å². The van der Waals surface area contributed by atoms with Gasteiger partial charge in [-0.1, -0.05) is 6.08 Å². The fourth-order valence-corrected chi connectivity index (χ4v) is 1.48. The second kappa shape index (κ2) is 4.82. The molecule has 0 aliphatic carbocycles. The van der Waals surface area contributed by atoms with Gasteiger partial charge in [-0.15, -0.1) is 18.2 Å². The number of benzene rings is 1. The largest absolute Gasteiger partial charge is 0.203 e. The Kier molecular flexibility index (Phi) is 3.91. The molecule has 0 saturated carbocycles. The first-order valence-corrected chi connectivity index (χ1v) is 4.61. The molecule has 0 nitrogen and oxygen atoms in total. The van der Waals surface area contributed by atoms with Gasteiger partial charge in [0.25, 0.3) is 0 Å². The molecule has 0 spiro atoms. The van der Waals surface area contributed by atoms with Crippen LogP contribution in [-0.2, 0) is 0 Å². The van der Waals surface area contributed by atoms with Gasteiger partial charge >= 0.3 is 0 Å². The summed E-state index contributed by atoms with van der Waals surface area (Å²) in [6, 6.07) is 0. The second-order valence-corrected chi connectivity index (χ2v) is 3.50. The highest BCUT2D eigenvalue weighted by molar-refractivity contribution is 6.20. The minimum Gasteiger partial charge on any atom is -0.203 e. The van der Waals surface area contributed by atoms with E-state index in [1.165, 1.54) is 6.08 Å². The van der Waals surface area contributed by atoms with Crippen LogP contribution in [0, 0.1) is 29.1 Å². The maximum Gasteiger partial charge on any atom is 0.200 e. The molecule has 1 atom stereocenters. The predicted octanol–water partition coefficient (Wildman–Crippen LogP) is 4.24. The lowest BCUT2D eigenvalue weighted by atomic mass is 10.1. The lowest BCUT2D eigenvalue weighted by molar-refractivity contribution is 0.369. The van der Waals surface area contributed by atoms with Gasteiger partial charge in [0, 0.05) is 5.56 Å². The average Bonchev–Trinajstić information content (AvgIpc) is 2.24. The van der Waals surface area contributed by atoms with E-state index in [2.05, 4.69) is 6.58 Å². The normalized spacial score (nSPS) is 12.6. The zero-order chi connectivity index (χ0) is 12.5. The standard InChI is InChI=1S/C10H6ClF5/c1-2-3-4(11)5-6(12)8(14)10(16)9(15)7(5)13/h2,4H,1,3H2. The van der Waals surface area contributed by atoms with E-state index >= 15 is 0 Å². The Morgan fingerprint density at radius 3 is 1.69 bits per heavy atom. The first kappa shape index (κ1) is 13.0. The fraction of sp³-hybridized carbons (Fsp3) is 0.200. The summed E-state index contributed by atoms with van der Waals surface area (Å²) in [6.07, 6.45) is 1.11. The van der Waals surface area contributed by atoms with Crippen LogP contribution in [0.15, 0.2) is 12.7 Å². The van der Waals surface area contributed by atoms with Crippen molar-refractivity contribution in [2.24, 2.45) is 0 Å². The monoisotopic (exact) mass is 256 g/mol. The highest BCUT2D eigenvalue weighted by Gasteiger charge is 2.28. The lowest BCUT2D eigenvalue weighted by Gasteiger charge is -2.11. The Hall–Kier alpha value is -1.10. The molecule has 1 aromatic carbocycles. The molecule has 0 aromatic heterocycles. The van der Waals surface area contributed by atoms with Crippen molar-refractivity contribution in [3.63, 3.8) is 0 Å². The van der Waals surface area contributed by atoms with Gasteiger partial charge in [-0.25, -0.2) is 22.0 Å². The van der Waals surface area contributed by atoms with E-state index in [0.717, 1.165) is 0 Å². The van der Waals surface area contributed by atoms with Gasteiger partial charge in [0.2, 0.25) is 5.82 Å². The molecule has 0 radical (unpaired) electrons. The van der Waals surface area contributed by atoms with Gasteiger partial charge in [0.05, 0.1) is 5.38 Å². The number of allylic oxidation sites excluding steroid dienone is 1. The third-order valence-electron chi connectivity index (χ3n) is 1.93. The second-order valence-electron chi connectivity index (χ2n) is 2.98. The number of rotatable bonds is 3. The molecule has 0 aliphatic rings. The van der Waals surface area contributed by atoms with E-state index in [1.807, 2.05) is 0 Å². The van der Waals surface area contributed by atoms with E-state index in [9.17, 15) is 22.0 Å². The van der Waals surface area contributed by atoms with Crippen molar-refractivity contribution in [1.29, 1.82) is 0 Å². The summed E-state index contributed by atoms with van der Waals surface area (Å²) in [5.41, 5.74) is -1.03. The molecule has 0 saturated heterocycles. The maximum absolute atomic E-state index is 13.1. The molecule has 0 fully saturated rings.